The fourth-order valence-electron chi connectivity index (χ4n) is 1.62. The molecule has 0 atom stereocenters. The first-order valence-corrected chi connectivity index (χ1v) is 5.16. The predicted molar refractivity (Wildman–Crippen MR) is 58.1 cm³/mol. The number of carbonyl (C=O) groups is 1. The normalized spacial score (nSPS) is 11.5. The van der Waals surface area contributed by atoms with E-state index in [-0.39, 0.29) is 12.0 Å². The predicted octanol–water partition coefficient (Wildman–Crippen LogP) is 2.85. The number of halogens is 3. The van der Waals surface area contributed by atoms with E-state index in [9.17, 15) is 18.0 Å². The van der Waals surface area contributed by atoms with E-state index in [0.717, 1.165) is 6.07 Å². The molecule has 1 aromatic heterocycles. The van der Waals surface area contributed by atoms with Crippen LogP contribution in [0.1, 0.15) is 21.6 Å². The number of rotatable bonds is 3. The van der Waals surface area contributed by atoms with Gasteiger partial charge in [-0.1, -0.05) is 18.2 Å². The minimum atomic E-state index is -4.53. The Kier molecular flexibility index (Phi) is 3.18. The van der Waals surface area contributed by atoms with Gasteiger partial charge in [-0.2, -0.15) is 18.3 Å². The van der Waals surface area contributed by atoms with Crippen molar-refractivity contribution in [2.75, 3.05) is 0 Å². The fourth-order valence-corrected chi connectivity index (χ4v) is 1.62. The Balaban J connectivity index is 2.31. The van der Waals surface area contributed by atoms with Gasteiger partial charge in [0.15, 0.2) is 5.78 Å². The molecule has 0 radical (unpaired) electrons. The number of alkyl halides is 3. The Morgan fingerprint density at radius 1 is 1.22 bits per heavy atom. The number of benzene rings is 1. The summed E-state index contributed by atoms with van der Waals surface area (Å²) in [5.41, 5.74) is -0.744. The van der Waals surface area contributed by atoms with E-state index >= 15 is 0 Å². The topological polar surface area (TPSA) is 45.8 Å². The molecule has 1 aromatic carbocycles. The summed E-state index contributed by atoms with van der Waals surface area (Å²) < 4.78 is 38.1. The molecule has 1 N–H and O–H groups in total. The number of aromatic nitrogens is 2. The van der Waals surface area contributed by atoms with Crippen LogP contribution >= 0.6 is 0 Å². The summed E-state index contributed by atoms with van der Waals surface area (Å²) in [4.78, 5) is 11.8. The highest BCUT2D eigenvalue weighted by Gasteiger charge is 2.34. The molecular formula is C12H9F3N2O. The first kappa shape index (κ1) is 12.3. The van der Waals surface area contributed by atoms with Crippen molar-refractivity contribution in [3.05, 3.63) is 53.3 Å². The molecule has 0 saturated heterocycles. The monoisotopic (exact) mass is 254 g/mol. The average Bonchev–Trinajstić information content (AvgIpc) is 2.80. The molecule has 2 aromatic rings. The van der Waals surface area contributed by atoms with E-state index in [2.05, 4.69) is 10.2 Å². The summed E-state index contributed by atoms with van der Waals surface area (Å²) in [5.74, 6) is -0.591. The van der Waals surface area contributed by atoms with Crippen LogP contribution in [0.2, 0.25) is 0 Å². The zero-order chi connectivity index (χ0) is 13.2. The van der Waals surface area contributed by atoms with E-state index in [4.69, 9.17) is 0 Å². The van der Waals surface area contributed by atoms with Crippen molar-refractivity contribution >= 4 is 5.78 Å². The third kappa shape index (κ3) is 2.58. The standard InChI is InChI=1S/C12H9F3N2O/c13-12(14,15)10-4-2-1-3-9(10)11(18)7-8-5-6-16-17-8/h1-6H,7H2,(H,16,17). The van der Waals surface area contributed by atoms with Gasteiger partial charge in [0.2, 0.25) is 0 Å². The highest BCUT2D eigenvalue weighted by atomic mass is 19.4. The lowest BCUT2D eigenvalue weighted by Gasteiger charge is -2.11. The highest BCUT2D eigenvalue weighted by Crippen LogP contribution is 2.32. The van der Waals surface area contributed by atoms with Gasteiger partial charge in [-0.05, 0) is 12.1 Å². The van der Waals surface area contributed by atoms with E-state index < -0.39 is 17.5 Å². The van der Waals surface area contributed by atoms with Crippen molar-refractivity contribution in [2.45, 2.75) is 12.6 Å². The highest BCUT2D eigenvalue weighted by molar-refractivity contribution is 5.98. The summed E-state index contributed by atoms with van der Waals surface area (Å²) in [6.45, 7) is 0. The fraction of sp³-hybridized carbons (Fsp3) is 0.167. The molecule has 3 nitrogen and oxygen atoms in total. The van der Waals surface area contributed by atoms with Crippen LogP contribution in [-0.2, 0) is 12.6 Å². The number of nitrogens with one attached hydrogen (secondary N) is 1. The number of aromatic amines is 1. The molecule has 0 aliphatic rings. The lowest BCUT2D eigenvalue weighted by Crippen LogP contribution is -2.14. The Morgan fingerprint density at radius 2 is 1.94 bits per heavy atom. The van der Waals surface area contributed by atoms with Crippen molar-refractivity contribution in [3.63, 3.8) is 0 Å². The maximum absolute atomic E-state index is 12.7. The van der Waals surface area contributed by atoms with Gasteiger partial charge in [-0.25, -0.2) is 0 Å². The van der Waals surface area contributed by atoms with Crippen LogP contribution < -0.4 is 0 Å². The molecular weight excluding hydrogens is 245 g/mol. The Morgan fingerprint density at radius 3 is 2.56 bits per heavy atom. The molecule has 0 aliphatic carbocycles. The summed E-state index contributed by atoms with van der Waals surface area (Å²) >= 11 is 0. The van der Waals surface area contributed by atoms with Gasteiger partial charge < -0.3 is 0 Å². The molecule has 0 bridgehead atoms. The third-order valence-corrected chi connectivity index (χ3v) is 2.44. The minimum absolute atomic E-state index is 0.132. The molecule has 6 heteroatoms. The summed E-state index contributed by atoms with van der Waals surface area (Å²) in [6.07, 6.45) is -3.22. The second-order valence-electron chi connectivity index (χ2n) is 3.73. The number of hydrogen-bond acceptors (Lipinski definition) is 2. The van der Waals surface area contributed by atoms with E-state index in [1.54, 1.807) is 6.07 Å². The van der Waals surface area contributed by atoms with Gasteiger partial charge in [0.1, 0.15) is 0 Å². The van der Waals surface area contributed by atoms with Crippen LogP contribution in [0.3, 0.4) is 0 Å². The van der Waals surface area contributed by atoms with Crippen molar-refractivity contribution in [2.24, 2.45) is 0 Å². The number of ketones is 1. The van der Waals surface area contributed by atoms with E-state index in [0.29, 0.717) is 5.69 Å². The van der Waals surface area contributed by atoms with Gasteiger partial charge in [0.25, 0.3) is 0 Å². The van der Waals surface area contributed by atoms with Gasteiger partial charge in [-0.15, -0.1) is 0 Å². The number of carbonyl (C=O) groups excluding carboxylic acids is 1. The third-order valence-electron chi connectivity index (χ3n) is 2.44. The van der Waals surface area contributed by atoms with Crippen LogP contribution in [0.25, 0.3) is 0 Å². The Bertz CT molecular complexity index is 547. The summed E-state index contributed by atoms with van der Waals surface area (Å²) in [6, 6.07) is 6.31. The molecule has 0 fully saturated rings. The molecule has 0 unspecified atom stereocenters. The first-order chi connectivity index (χ1) is 8.48. The molecule has 0 aliphatic heterocycles. The molecule has 1 heterocycles. The molecule has 2 rings (SSSR count). The zero-order valence-electron chi connectivity index (χ0n) is 9.16. The van der Waals surface area contributed by atoms with E-state index in [1.165, 1.54) is 24.4 Å². The second kappa shape index (κ2) is 4.64. The maximum Gasteiger partial charge on any atom is 0.417 e. The quantitative estimate of drug-likeness (QED) is 0.856. The Hall–Kier alpha value is -2.11. The molecule has 18 heavy (non-hydrogen) atoms. The number of Topliss-reactive ketones (excluding diaryl/α,β-unsaturated/α-hetero) is 1. The van der Waals surface area contributed by atoms with Crippen LogP contribution in [-0.4, -0.2) is 16.0 Å². The average molecular weight is 254 g/mol. The Labute approximate surface area is 101 Å². The largest absolute Gasteiger partial charge is 0.417 e. The van der Waals surface area contributed by atoms with Crippen LogP contribution in [0.4, 0.5) is 13.2 Å². The number of nitrogens with zero attached hydrogens (tertiary/aromatic N) is 1. The second-order valence-corrected chi connectivity index (χ2v) is 3.73. The van der Waals surface area contributed by atoms with Crippen molar-refractivity contribution < 1.29 is 18.0 Å². The first-order valence-electron chi connectivity index (χ1n) is 5.16. The maximum atomic E-state index is 12.7. The van der Waals surface area contributed by atoms with Gasteiger partial charge in [-0.3, -0.25) is 9.89 Å². The van der Waals surface area contributed by atoms with Crippen molar-refractivity contribution in [1.29, 1.82) is 0 Å². The number of H-pyrrole nitrogens is 1. The molecule has 0 amide bonds. The minimum Gasteiger partial charge on any atom is -0.294 e. The van der Waals surface area contributed by atoms with Gasteiger partial charge in [0.05, 0.1) is 12.0 Å². The lowest BCUT2D eigenvalue weighted by molar-refractivity contribution is -0.137. The van der Waals surface area contributed by atoms with Crippen LogP contribution in [0.15, 0.2) is 36.5 Å². The number of hydrogen-bond donors (Lipinski definition) is 1. The molecule has 0 spiro atoms. The SMILES string of the molecule is O=C(Cc1ccn[nH]1)c1ccccc1C(F)(F)F. The van der Waals surface area contributed by atoms with Gasteiger partial charge in [0, 0.05) is 17.5 Å². The van der Waals surface area contributed by atoms with E-state index in [1.807, 2.05) is 0 Å². The molecule has 94 valence electrons. The summed E-state index contributed by atoms with van der Waals surface area (Å²) in [7, 11) is 0. The summed E-state index contributed by atoms with van der Waals surface area (Å²) in [5, 5.41) is 6.18. The van der Waals surface area contributed by atoms with Crippen LogP contribution in [0, 0.1) is 0 Å². The molecule has 0 saturated carbocycles. The van der Waals surface area contributed by atoms with Crippen molar-refractivity contribution in [1.82, 2.24) is 10.2 Å². The van der Waals surface area contributed by atoms with Crippen molar-refractivity contribution in [3.8, 4) is 0 Å². The van der Waals surface area contributed by atoms with Gasteiger partial charge >= 0.3 is 6.18 Å². The smallest absolute Gasteiger partial charge is 0.294 e. The van der Waals surface area contributed by atoms with Crippen LogP contribution in [0.5, 0.6) is 0 Å². The zero-order valence-corrected chi connectivity index (χ0v) is 9.16. The lowest BCUT2D eigenvalue weighted by atomic mass is 10.0.